The first-order valence-electron chi connectivity index (χ1n) is 12.4. The molecule has 7 nitrogen and oxygen atoms in total. The zero-order valence-corrected chi connectivity index (χ0v) is 23.7. The number of benzene rings is 1. The molecule has 2 N–H and O–H groups in total. The monoisotopic (exact) mass is 575 g/mol. The van der Waals surface area contributed by atoms with Crippen molar-refractivity contribution in [2.75, 3.05) is 72.1 Å². The number of nitrogens with zero attached hydrogens (tertiary/aromatic N) is 3. The van der Waals surface area contributed by atoms with Crippen molar-refractivity contribution < 1.29 is 9.47 Å². The maximum atomic E-state index is 5.75. The van der Waals surface area contributed by atoms with Crippen molar-refractivity contribution in [3.63, 3.8) is 0 Å². The molecule has 190 valence electrons. The molecule has 2 rings (SSSR count). The summed E-state index contributed by atoms with van der Waals surface area (Å²) < 4.78 is 11.4. The summed E-state index contributed by atoms with van der Waals surface area (Å²) in [6, 6.07) is 6.20. The molecule has 1 aromatic carbocycles. The van der Waals surface area contributed by atoms with Crippen LogP contribution in [0.25, 0.3) is 0 Å². The summed E-state index contributed by atoms with van der Waals surface area (Å²) in [5.41, 5.74) is 1.22. The van der Waals surface area contributed by atoms with E-state index >= 15 is 0 Å². The van der Waals surface area contributed by atoms with Gasteiger partial charge in [0.25, 0.3) is 0 Å². The van der Waals surface area contributed by atoms with E-state index < -0.39 is 0 Å². The smallest absolute Gasteiger partial charge is 0.191 e. The molecule has 1 atom stereocenters. The van der Waals surface area contributed by atoms with Crippen molar-refractivity contribution in [3.8, 4) is 11.5 Å². The fourth-order valence-electron chi connectivity index (χ4n) is 3.95. The van der Waals surface area contributed by atoms with E-state index in [4.69, 9.17) is 14.5 Å². The lowest BCUT2D eigenvalue weighted by Crippen LogP contribution is -2.47. The fourth-order valence-corrected chi connectivity index (χ4v) is 3.95. The van der Waals surface area contributed by atoms with Gasteiger partial charge in [-0.3, -0.25) is 4.99 Å². The standard InChI is InChI=1S/C25H45N5O2.HI/c1-6-26-25(28-19-21(5)20-30-16-14-29(7-2)15-17-30)27-13-12-22-10-11-23(31-8-3)24(18-22)32-9-4;/h10-11,18,21H,6-9,12-17,19-20H2,1-5H3,(H2,26,27,28);1H. The molecule has 1 fully saturated rings. The average molecular weight is 576 g/mol. The minimum absolute atomic E-state index is 0. The Morgan fingerprint density at radius 2 is 1.64 bits per heavy atom. The Balaban J connectivity index is 0.00000544. The van der Waals surface area contributed by atoms with E-state index in [1.807, 2.05) is 19.9 Å². The quantitative estimate of drug-likeness (QED) is 0.214. The summed E-state index contributed by atoms with van der Waals surface area (Å²) in [4.78, 5) is 9.94. The highest BCUT2D eigenvalue weighted by Gasteiger charge is 2.17. The number of likely N-dealkylation sites (N-methyl/N-ethyl adjacent to an activating group) is 1. The lowest BCUT2D eigenvalue weighted by atomic mass is 10.1. The maximum absolute atomic E-state index is 5.75. The molecule has 0 aliphatic carbocycles. The van der Waals surface area contributed by atoms with Crippen molar-refractivity contribution in [1.29, 1.82) is 0 Å². The molecule has 0 bridgehead atoms. The van der Waals surface area contributed by atoms with Crippen LogP contribution in [0.2, 0.25) is 0 Å². The molecule has 1 aromatic rings. The van der Waals surface area contributed by atoms with Gasteiger partial charge in [-0.15, -0.1) is 24.0 Å². The molecule has 0 saturated carbocycles. The Hall–Kier alpha value is -1.26. The van der Waals surface area contributed by atoms with Crippen LogP contribution in [0.3, 0.4) is 0 Å². The first kappa shape index (κ1) is 29.8. The molecule has 1 aliphatic heterocycles. The van der Waals surface area contributed by atoms with E-state index in [-0.39, 0.29) is 24.0 Å². The number of hydrogen-bond donors (Lipinski definition) is 2. The first-order valence-corrected chi connectivity index (χ1v) is 12.4. The third-order valence-corrected chi connectivity index (χ3v) is 5.70. The third kappa shape index (κ3) is 11.1. The number of guanidine groups is 1. The van der Waals surface area contributed by atoms with Gasteiger partial charge in [-0.1, -0.05) is 19.9 Å². The maximum Gasteiger partial charge on any atom is 0.191 e. The van der Waals surface area contributed by atoms with Crippen LogP contribution in [0.5, 0.6) is 11.5 Å². The zero-order chi connectivity index (χ0) is 23.2. The van der Waals surface area contributed by atoms with Crippen LogP contribution < -0.4 is 20.1 Å². The number of halogens is 1. The highest BCUT2D eigenvalue weighted by molar-refractivity contribution is 14.0. The van der Waals surface area contributed by atoms with Crippen molar-refractivity contribution in [1.82, 2.24) is 20.4 Å². The van der Waals surface area contributed by atoms with Gasteiger partial charge in [0.05, 0.1) is 13.2 Å². The van der Waals surface area contributed by atoms with Gasteiger partial charge in [0.1, 0.15) is 0 Å². The predicted octanol–water partition coefficient (Wildman–Crippen LogP) is 3.47. The number of rotatable bonds is 13. The molecule has 0 amide bonds. The molecule has 0 aromatic heterocycles. The van der Waals surface area contributed by atoms with Crippen LogP contribution in [0.4, 0.5) is 0 Å². The first-order chi connectivity index (χ1) is 15.6. The second-order valence-corrected chi connectivity index (χ2v) is 8.38. The van der Waals surface area contributed by atoms with Crippen LogP contribution in [0.15, 0.2) is 23.2 Å². The van der Waals surface area contributed by atoms with Crippen LogP contribution in [0.1, 0.15) is 40.2 Å². The summed E-state index contributed by atoms with van der Waals surface area (Å²) in [6.07, 6.45) is 0.897. The second-order valence-electron chi connectivity index (χ2n) is 8.38. The zero-order valence-electron chi connectivity index (χ0n) is 21.4. The number of ether oxygens (including phenoxy) is 2. The van der Waals surface area contributed by atoms with Gasteiger partial charge < -0.3 is 29.9 Å². The lowest BCUT2D eigenvalue weighted by Gasteiger charge is -2.35. The number of hydrogen-bond acceptors (Lipinski definition) is 5. The Kier molecular flexibility index (Phi) is 15.5. The SMILES string of the molecule is CCNC(=NCC(C)CN1CCN(CC)CC1)NCCc1ccc(OCC)c(OCC)c1.I. The number of nitrogens with one attached hydrogen (secondary N) is 2. The largest absolute Gasteiger partial charge is 0.490 e. The van der Waals surface area contributed by atoms with Gasteiger partial charge in [0.2, 0.25) is 0 Å². The summed E-state index contributed by atoms with van der Waals surface area (Å²) >= 11 is 0. The van der Waals surface area contributed by atoms with Gasteiger partial charge >= 0.3 is 0 Å². The molecule has 0 spiro atoms. The van der Waals surface area contributed by atoms with Crippen LogP contribution in [-0.2, 0) is 6.42 Å². The van der Waals surface area contributed by atoms with Gasteiger partial charge in [-0.2, -0.15) is 0 Å². The molecule has 1 unspecified atom stereocenters. The Labute approximate surface area is 218 Å². The minimum atomic E-state index is 0. The molecule has 0 radical (unpaired) electrons. The summed E-state index contributed by atoms with van der Waals surface area (Å²) in [7, 11) is 0. The molecular formula is C25H46IN5O2. The number of piperazine rings is 1. The third-order valence-electron chi connectivity index (χ3n) is 5.70. The highest BCUT2D eigenvalue weighted by Crippen LogP contribution is 2.28. The van der Waals surface area contributed by atoms with E-state index in [0.717, 1.165) is 56.6 Å². The van der Waals surface area contributed by atoms with Crippen molar-refractivity contribution in [2.45, 2.75) is 41.0 Å². The van der Waals surface area contributed by atoms with Gasteiger partial charge in [0.15, 0.2) is 17.5 Å². The molecule has 33 heavy (non-hydrogen) atoms. The number of aliphatic imine (C=N–C) groups is 1. The minimum Gasteiger partial charge on any atom is -0.490 e. The lowest BCUT2D eigenvalue weighted by molar-refractivity contribution is 0.125. The topological polar surface area (TPSA) is 61.4 Å². The van der Waals surface area contributed by atoms with Crippen molar-refractivity contribution in [3.05, 3.63) is 23.8 Å². The van der Waals surface area contributed by atoms with Crippen LogP contribution in [-0.4, -0.2) is 87.9 Å². The Morgan fingerprint density at radius 1 is 0.970 bits per heavy atom. The van der Waals surface area contributed by atoms with E-state index in [9.17, 15) is 0 Å². The second kappa shape index (κ2) is 17.2. The molecule has 8 heteroatoms. The van der Waals surface area contributed by atoms with Crippen molar-refractivity contribution >= 4 is 29.9 Å². The average Bonchev–Trinajstić information content (AvgIpc) is 2.80. The molecule has 1 aliphatic rings. The summed E-state index contributed by atoms with van der Waals surface area (Å²) in [5.74, 6) is 3.07. The molecule has 1 heterocycles. The molecular weight excluding hydrogens is 529 g/mol. The van der Waals surface area contributed by atoms with E-state index in [2.05, 4.69) is 53.3 Å². The molecule has 1 saturated heterocycles. The van der Waals surface area contributed by atoms with Gasteiger partial charge in [-0.05, 0) is 57.4 Å². The van der Waals surface area contributed by atoms with E-state index in [1.54, 1.807) is 0 Å². The summed E-state index contributed by atoms with van der Waals surface area (Å²) in [5, 5.41) is 6.85. The van der Waals surface area contributed by atoms with Crippen molar-refractivity contribution in [2.24, 2.45) is 10.9 Å². The van der Waals surface area contributed by atoms with Crippen LogP contribution >= 0.6 is 24.0 Å². The Morgan fingerprint density at radius 3 is 2.27 bits per heavy atom. The van der Waals surface area contributed by atoms with Gasteiger partial charge in [0, 0.05) is 52.4 Å². The Bertz CT molecular complexity index is 681. The van der Waals surface area contributed by atoms with Crippen LogP contribution in [0, 0.1) is 5.92 Å². The summed E-state index contributed by atoms with van der Waals surface area (Å²) in [6.45, 7) is 21.4. The fraction of sp³-hybridized carbons (Fsp3) is 0.720. The highest BCUT2D eigenvalue weighted by atomic mass is 127. The van der Waals surface area contributed by atoms with E-state index in [1.165, 1.54) is 31.7 Å². The normalized spacial score (nSPS) is 16.1. The van der Waals surface area contributed by atoms with E-state index in [0.29, 0.717) is 19.1 Å². The van der Waals surface area contributed by atoms with Gasteiger partial charge in [-0.25, -0.2) is 0 Å². The predicted molar refractivity (Wildman–Crippen MR) is 150 cm³/mol.